The molecule has 5 nitrogen and oxygen atoms in total. The number of hydrogen-bond acceptors (Lipinski definition) is 4. The summed E-state index contributed by atoms with van der Waals surface area (Å²) in [6.07, 6.45) is 7.92. The normalized spacial score (nSPS) is 19.0. The molecule has 1 aliphatic carbocycles. The second kappa shape index (κ2) is 8.00. The van der Waals surface area contributed by atoms with Crippen molar-refractivity contribution in [2.45, 2.75) is 31.2 Å². The highest BCUT2D eigenvalue weighted by Gasteiger charge is 2.24. The number of nitrogens with one attached hydrogen (secondary N) is 2. The Morgan fingerprint density at radius 2 is 2.00 bits per heavy atom. The second-order valence-corrected chi connectivity index (χ2v) is 6.95. The molecule has 1 atom stereocenters. The second-order valence-electron chi connectivity index (χ2n) is 6.95. The SMILES string of the molecule is FCF.c1cc(NC2CCNC2)nc(-c2cnc3ccc(C4CC4)cn23)c1. The van der Waals surface area contributed by atoms with Crippen LogP contribution in [0.3, 0.4) is 0 Å². The maximum Gasteiger partial charge on any atom is 0.229 e. The van der Waals surface area contributed by atoms with Gasteiger partial charge in [0.15, 0.2) is 0 Å². The van der Waals surface area contributed by atoms with E-state index in [-0.39, 0.29) is 0 Å². The van der Waals surface area contributed by atoms with E-state index in [1.165, 1.54) is 18.4 Å². The fourth-order valence-corrected chi connectivity index (χ4v) is 3.49. The highest BCUT2D eigenvalue weighted by atomic mass is 19.3. The van der Waals surface area contributed by atoms with Gasteiger partial charge in [-0.2, -0.15) is 0 Å². The third-order valence-electron chi connectivity index (χ3n) is 5.00. The Bertz CT molecular complexity index is 900. The van der Waals surface area contributed by atoms with E-state index in [0.29, 0.717) is 6.04 Å². The summed E-state index contributed by atoms with van der Waals surface area (Å²) in [5.74, 6) is 1.68. The number of imidazole rings is 1. The molecule has 3 aromatic heterocycles. The largest absolute Gasteiger partial charge is 0.366 e. The fraction of sp³-hybridized carbons (Fsp3) is 0.400. The lowest BCUT2D eigenvalue weighted by Gasteiger charge is -2.12. The van der Waals surface area contributed by atoms with E-state index < -0.39 is 6.93 Å². The number of rotatable bonds is 4. The summed E-state index contributed by atoms with van der Waals surface area (Å²) in [7, 11) is 0. The Morgan fingerprint density at radius 1 is 1.15 bits per heavy atom. The predicted octanol–water partition coefficient (Wildman–Crippen LogP) is 3.93. The van der Waals surface area contributed by atoms with E-state index in [1.807, 2.05) is 12.3 Å². The van der Waals surface area contributed by atoms with Gasteiger partial charge in [0, 0.05) is 18.8 Å². The van der Waals surface area contributed by atoms with Crippen molar-refractivity contribution < 1.29 is 8.78 Å². The molecule has 5 rings (SSSR count). The summed E-state index contributed by atoms with van der Waals surface area (Å²) in [6.45, 7) is 0.334. The summed E-state index contributed by atoms with van der Waals surface area (Å²) >= 11 is 0. The first-order chi connectivity index (χ1) is 13.3. The minimum atomic E-state index is -1.75. The van der Waals surface area contributed by atoms with Gasteiger partial charge in [-0.1, -0.05) is 12.1 Å². The van der Waals surface area contributed by atoms with Crippen LogP contribution in [0.15, 0.2) is 42.7 Å². The zero-order valence-corrected chi connectivity index (χ0v) is 15.0. The molecule has 0 bridgehead atoms. The molecule has 2 fully saturated rings. The van der Waals surface area contributed by atoms with Crippen LogP contribution in [0, 0.1) is 0 Å². The first-order valence-electron chi connectivity index (χ1n) is 9.32. The van der Waals surface area contributed by atoms with Gasteiger partial charge in [-0.3, -0.25) is 4.40 Å². The molecule has 3 aromatic rings. The van der Waals surface area contributed by atoms with Crippen LogP contribution in [-0.4, -0.2) is 40.4 Å². The Morgan fingerprint density at radius 3 is 2.74 bits per heavy atom. The van der Waals surface area contributed by atoms with Crippen molar-refractivity contribution in [3.63, 3.8) is 0 Å². The first kappa shape index (κ1) is 17.9. The van der Waals surface area contributed by atoms with Crippen molar-refractivity contribution in [3.8, 4) is 11.4 Å². The van der Waals surface area contributed by atoms with Gasteiger partial charge >= 0.3 is 0 Å². The monoisotopic (exact) mass is 371 g/mol. The molecule has 0 spiro atoms. The minimum absolute atomic E-state index is 0.469. The summed E-state index contributed by atoms with van der Waals surface area (Å²) in [5, 5.41) is 6.90. The Labute approximate surface area is 156 Å². The van der Waals surface area contributed by atoms with Crippen LogP contribution in [0.4, 0.5) is 14.6 Å². The molecule has 1 saturated heterocycles. The van der Waals surface area contributed by atoms with Gasteiger partial charge < -0.3 is 10.6 Å². The van der Waals surface area contributed by atoms with Crippen molar-refractivity contribution in [2.75, 3.05) is 25.3 Å². The van der Waals surface area contributed by atoms with Crippen LogP contribution in [0.2, 0.25) is 0 Å². The van der Waals surface area contributed by atoms with Gasteiger partial charge in [0.05, 0.1) is 17.6 Å². The van der Waals surface area contributed by atoms with Crippen molar-refractivity contribution in [1.82, 2.24) is 19.7 Å². The van der Waals surface area contributed by atoms with Gasteiger partial charge in [0.2, 0.25) is 6.93 Å². The van der Waals surface area contributed by atoms with E-state index in [9.17, 15) is 8.78 Å². The van der Waals surface area contributed by atoms with E-state index in [4.69, 9.17) is 4.98 Å². The van der Waals surface area contributed by atoms with Gasteiger partial charge in [-0.25, -0.2) is 18.7 Å². The molecule has 0 radical (unpaired) electrons. The minimum Gasteiger partial charge on any atom is -0.366 e. The number of pyridine rings is 2. The maximum absolute atomic E-state index is 9.62. The van der Waals surface area contributed by atoms with Crippen molar-refractivity contribution in [2.24, 2.45) is 0 Å². The molecule has 1 aliphatic heterocycles. The molecular formula is C20H23F2N5. The lowest BCUT2D eigenvalue weighted by Crippen LogP contribution is -2.22. The maximum atomic E-state index is 9.62. The summed E-state index contributed by atoms with van der Waals surface area (Å²) in [4.78, 5) is 9.36. The molecule has 7 heteroatoms. The van der Waals surface area contributed by atoms with E-state index in [0.717, 1.165) is 48.3 Å². The number of halogens is 2. The fourth-order valence-electron chi connectivity index (χ4n) is 3.49. The van der Waals surface area contributed by atoms with Crippen LogP contribution in [-0.2, 0) is 0 Å². The zero-order chi connectivity index (χ0) is 18.6. The Balaban J connectivity index is 0.000000565. The van der Waals surface area contributed by atoms with Crippen LogP contribution >= 0.6 is 0 Å². The molecular weight excluding hydrogens is 348 g/mol. The molecule has 1 unspecified atom stereocenters. The number of nitrogens with zero attached hydrogens (tertiary/aromatic N) is 3. The molecule has 0 aromatic carbocycles. The average molecular weight is 371 g/mol. The van der Waals surface area contributed by atoms with Crippen LogP contribution in [0.5, 0.6) is 0 Å². The highest BCUT2D eigenvalue weighted by molar-refractivity contribution is 5.62. The smallest absolute Gasteiger partial charge is 0.229 e. The number of aromatic nitrogens is 3. The quantitative estimate of drug-likeness (QED) is 0.730. The van der Waals surface area contributed by atoms with Crippen LogP contribution in [0.1, 0.15) is 30.7 Å². The summed E-state index contributed by atoms with van der Waals surface area (Å²) in [5.41, 5.74) is 4.41. The molecule has 2 aliphatic rings. The lowest BCUT2D eigenvalue weighted by molar-refractivity contribution is 0.295. The third kappa shape index (κ3) is 4.08. The van der Waals surface area contributed by atoms with E-state index in [2.05, 4.69) is 50.5 Å². The Hall–Kier alpha value is -2.54. The van der Waals surface area contributed by atoms with Crippen molar-refractivity contribution in [3.05, 3.63) is 48.3 Å². The molecule has 142 valence electrons. The van der Waals surface area contributed by atoms with Gasteiger partial charge in [-0.05, 0) is 55.5 Å². The molecule has 27 heavy (non-hydrogen) atoms. The first-order valence-corrected chi connectivity index (χ1v) is 9.32. The van der Waals surface area contributed by atoms with Gasteiger partial charge in [-0.15, -0.1) is 0 Å². The van der Waals surface area contributed by atoms with E-state index >= 15 is 0 Å². The standard InChI is InChI=1S/C19H21N5.CH2F2/c1-2-16(23-18(3-1)22-15-8-9-20-10-15)17-11-21-19-7-6-14(12-24(17)19)13-4-5-13;2-1-3/h1-3,6-7,11-13,15,20H,4-5,8-10H2,(H,22,23);1H2. The average Bonchev–Trinajstić information content (AvgIpc) is 3.24. The molecule has 0 amide bonds. The zero-order valence-electron chi connectivity index (χ0n) is 15.0. The van der Waals surface area contributed by atoms with Crippen molar-refractivity contribution >= 4 is 11.5 Å². The van der Waals surface area contributed by atoms with Crippen LogP contribution < -0.4 is 10.6 Å². The van der Waals surface area contributed by atoms with Gasteiger partial charge in [0.25, 0.3) is 0 Å². The summed E-state index contributed by atoms with van der Waals surface area (Å²) < 4.78 is 21.4. The van der Waals surface area contributed by atoms with Crippen LogP contribution in [0.25, 0.3) is 17.0 Å². The lowest BCUT2D eigenvalue weighted by atomic mass is 10.2. The number of anilines is 1. The van der Waals surface area contributed by atoms with E-state index in [1.54, 1.807) is 0 Å². The summed E-state index contributed by atoms with van der Waals surface area (Å²) in [6, 6.07) is 11.0. The van der Waals surface area contributed by atoms with Gasteiger partial charge in [0.1, 0.15) is 11.5 Å². The molecule has 4 heterocycles. The predicted molar refractivity (Wildman–Crippen MR) is 102 cm³/mol. The molecule has 1 saturated carbocycles. The topological polar surface area (TPSA) is 54.2 Å². The number of alkyl halides is 2. The highest BCUT2D eigenvalue weighted by Crippen LogP contribution is 2.40. The number of fused-ring (bicyclic) bond motifs is 1. The molecule has 2 N–H and O–H groups in total. The number of hydrogen-bond donors (Lipinski definition) is 2. The Kier molecular flexibility index (Phi) is 5.29. The third-order valence-corrected chi connectivity index (χ3v) is 5.00. The van der Waals surface area contributed by atoms with Crippen molar-refractivity contribution in [1.29, 1.82) is 0 Å².